The van der Waals surface area contributed by atoms with Crippen LogP contribution in [0.25, 0.3) is 22.4 Å². The molecule has 0 fully saturated rings. The topological polar surface area (TPSA) is 90.1 Å². The van der Waals surface area contributed by atoms with Gasteiger partial charge in [0.05, 0.1) is 18.3 Å². The van der Waals surface area contributed by atoms with Crippen LogP contribution in [0.15, 0.2) is 65.2 Å². The molecule has 0 spiro atoms. The van der Waals surface area contributed by atoms with Crippen molar-refractivity contribution in [2.45, 2.75) is 12.8 Å². The van der Waals surface area contributed by atoms with Crippen LogP contribution < -0.4 is 10.1 Å². The minimum absolute atomic E-state index is 0.137. The van der Waals surface area contributed by atoms with Crippen molar-refractivity contribution in [2.75, 3.05) is 12.4 Å². The monoisotopic (exact) mass is 374 g/mol. The van der Waals surface area contributed by atoms with Crippen molar-refractivity contribution < 1.29 is 13.9 Å². The van der Waals surface area contributed by atoms with Gasteiger partial charge >= 0.3 is 0 Å². The first kappa shape index (κ1) is 17.7. The summed E-state index contributed by atoms with van der Waals surface area (Å²) in [6.07, 6.45) is 2.29. The van der Waals surface area contributed by atoms with Crippen LogP contribution in [0.5, 0.6) is 5.75 Å². The highest BCUT2D eigenvalue weighted by Crippen LogP contribution is 2.22. The number of fused-ring (bicyclic) bond motifs is 1. The maximum Gasteiger partial charge on any atom is 0.247 e. The highest BCUT2D eigenvalue weighted by molar-refractivity contribution is 6.00. The summed E-state index contributed by atoms with van der Waals surface area (Å²) in [5.41, 5.74) is 2.25. The average molecular weight is 374 g/mol. The summed E-state index contributed by atoms with van der Waals surface area (Å²) in [4.78, 5) is 16.7. The zero-order valence-corrected chi connectivity index (χ0v) is 15.3. The molecular weight excluding hydrogens is 356 g/mol. The molecule has 0 saturated heterocycles. The van der Waals surface area contributed by atoms with Crippen LogP contribution >= 0.6 is 0 Å². The lowest BCUT2D eigenvalue weighted by Crippen LogP contribution is -2.13. The van der Waals surface area contributed by atoms with E-state index >= 15 is 0 Å². The first-order valence-electron chi connectivity index (χ1n) is 8.83. The molecular formula is C21H18N4O3. The van der Waals surface area contributed by atoms with Gasteiger partial charge in [-0.1, -0.05) is 18.2 Å². The number of anilines is 1. The maximum atomic E-state index is 12.3. The maximum absolute atomic E-state index is 12.3. The molecule has 0 aliphatic heterocycles. The lowest BCUT2D eigenvalue weighted by atomic mass is 10.2. The van der Waals surface area contributed by atoms with Gasteiger partial charge in [-0.05, 0) is 36.4 Å². The number of carbonyl (C=O) groups excluding carboxylic acids is 1. The molecule has 0 bridgehead atoms. The zero-order chi connectivity index (χ0) is 19.3. The van der Waals surface area contributed by atoms with Crippen molar-refractivity contribution >= 4 is 22.5 Å². The van der Waals surface area contributed by atoms with Crippen molar-refractivity contribution in [3.05, 3.63) is 66.7 Å². The van der Waals surface area contributed by atoms with Crippen LogP contribution in [0.2, 0.25) is 0 Å². The number of nitrogens with zero attached hydrogens (tertiary/aromatic N) is 3. The third-order valence-electron chi connectivity index (χ3n) is 4.28. The number of benzene rings is 2. The summed E-state index contributed by atoms with van der Waals surface area (Å²) < 4.78 is 10.8. The molecule has 2 aromatic carbocycles. The van der Waals surface area contributed by atoms with Crippen molar-refractivity contribution in [2.24, 2.45) is 0 Å². The molecule has 0 aliphatic rings. The Morgan fingerprint density at radius 3 is 2.71 bits per heavy atom. The summed E-state index contributed by atoms with van der Waals surface area (Å²) in [6, 6.07) is 16.8. The molecule has 0 radical (unpaired) electrons. The number of carbonyl (C=O) groups is 1. The van der Waals surface area contributed by atoms with E-state index in [0.29, 0.717) is 23.9 Å². The van der Waals surface area contributed by atoms with Gasteiger partial charge in [-0.25, -0.2) is 0 Å². The number of amides is 1. The van der Waals surface area contributed by atoms with Gasteiger partial charge in [-0.3, -0.25) is 9.78 Å². The Bertz CT molecular complexity index is 1100. The second kappa shape index (κ2) is 7.87. The first-order valence-corrected chi connectivity index (χ1v) is 8.83. The number of hydrogen-bond donors (Lipinski definition) is 1. The van der Waals surface area contributed by atoms with E-state index in [1.807, 2.05) is 54.6 Å². The number of nitrogens with one attached hydrogen (secondary N) is 1. The van der Waals surface area contributed by atoms with Gasteiger partial charge in [0.15, 0.2) is 0 Å². The Morgan fingerprint density at radius 2 is 1.89 bits per heavy atom. The van der Waals surface area contributed by atoms with E-state index in [1.54, 1.807) is 13.3 Å². The number of hydrogen-bond acceptors (Lipinski definition) is 6. The van der Waals surface area contributed by atoms with Gasteiger partial charge in [0.25, 0.3) is 0 Å². The van der Waals surface area contributed by atoms with E-state index in [9.17, 15) is 4.79 Å². The van der Waals surface area contributed by atoms with E-state index in [-0.39, 0.29) is 12.3 Å². The van der Waals surface area contributed by atoms with Crippen molar-refractivity contribution in [1.29, 1.82) is 0 Å². The lowest BCUT2D eigenvalue weighted by Gasteiger charge is -2.07. The van der Waals surface area contributed by atoms with Gasteiger partial charge in [0.1, 0.15) is 5.75 Å². The molecule has 1 N–H and O–H groups in total. The van der Waals surface area contributed by atoms with Crippen LogP contribution in [0.3, 0.4) is 0 Å². The van der Waals surface area contributed by atoms with E-state index in [1.165, 1.54) is 0 Å². The molecule has 1 amide bonds. The Kier molecular flexibility index (Phi) is 4.97. The van der Waals surface area contributed by atoms with Gasteiger partial charge in [-0.2, -0.15) is 0 Å². The molecule has 4 rings (SSSR count). The Balaban J connectivity index is 1.39. The molecule has 0 aliphatic carbocycles. The number of rotatable bonds is 6. The highest BCUT2D eigenvalue weighted by atomic mass is 16.5. The molecule has 4 aromatic rings. The summed E-state index contributed by atoms with van der Waals surface area (Å²) in [7, 11) is 1.61. The molecule has 0 unspecified atom stereocenters. The van der Waals surface area contributed by atoms with E-state index in [4.69, 9.17) is 9.15 Å². The predicted octanol–water partition coefficient (Wildman–Crippen LogP) is 3.86. The smallest absolute Gasteiger partial charge is 0.247 e. The van der Waals surface area contributed by atoms with Gasteiger partial charge in [-0.15, -0.1) is 10.2 Å². The standard InChI is InChI=1S/C21H18N4O3/c1-27-16-9-7-15(8-10-16)21-25-24-19(28-21)12-11-18(26)23-17-6-2-4-14-5-3-13-22-20(14)17/h2-10,13H,11-12H2,1H3,(H,23,26). The van der Waals surface area contributed by atoms with E-state index in [0.717, 1.165) is 22.2 Å². The van der Waals surface area contributed by atoms with E-state index in [2.05, 4.69) is 20.5 Å². The summed E-state index contributed by atoms with van der Waals surface area (Å²) in [5.74, 6) is 1.44. The average Bonchev–Trinajstić information content (AvgIpc) is 3.22. The van der Waals surface area contributed by atoms with Crippen LogP contribution in [-0.4, -0.2) is 28.2 Å². The molecule has 28 heavy (non-hydrogen) atoms. The molecule has 7 heteroatoms. The second-order valence-electron chi connectivity index (χ2n) is 6.16. The molecule has 2 heterocycles. The third-order valence-corrected chi connectivity index (χ3v) is 4.28. The van der Waals surface area contributed by atoms with E-state index < -0.39 is 0 Å². The fourth-order valence-corrected chi connectivity index (χ4v) is 2.84. The van der Waals surface area contributed by atoms with Crippen LogP contribution in [0.1, 0.15) is 12.3 Å². The number of methoxy groups -OCH3 is 1. The molecule has 2 aromatic heterocycles. The first-order chi connectivity index (χ1) is 13.7. The SMILES string of the molecule is COc1ccc(-c2nnc(CCC(=O)Nc3cccc4cccnc34)o2)cc1. The lowest BCUT2D eigenvalue weighted by molar-refractivity contribution is -0.116. The molecule has 0 atom stereocenters. The van der Waals surface area contributed by atoms with Gasteiger partial charge < -0.3 is 14.5 Å². The van der Waals surface area contributed by atoms with Crippen LogP contribution in [-0.2, 0) is 11.2 Å². The number of aromatic nitrogens is 3. The molecule has 0 saturated carbocycles. The molecule has 7 nitrogen and oxygen atoms in total. The van der Waals surface area contributed by atoms with Crippen LogP contribution in [0.4, 0.5) is 5.69 Å². The quantitative estimate of drug-likeness (QED) is 0.551. The highest BCUT2D eigenvalue weighted by Gasteiger charge is 2.12. The largest absolute Gasteiger partial charge is 0.497 e. The minimum atomic E-state index is -0.137. The third kappa shape index (κ3) is 3.83. The fourth-order valence-electron chi connectivity index (χ4n) is 2.84. The van der Waals surface area contributed by atoms with Gasteiger partial charge in [0.2, 0.25) is 17.7 Å². The normalized spacial score (nSPS) is 10.8. The summed E-state index contributed by atoms with van der Waals surface area (Å²) >= 11 is 0. The Labute approximate surface area is 161 Å². The molecule has 140 valence electrons. The minimum Gasteiger partial charge on any atom is -0.497 e. The van der Waals surface area contributed by atoms with Crippen molar-refractivity contribution in [3.63, 3.8) is 0 Å². The zero-order valence-electron chi connectivity index (χ0n) is 15.3. The predicted molar refractivity (Wildman–Crippen MR) is 105 cm³/mol. The van der Waals surface area contributed by atoms with Crippen molar-refractivity contribution in [3.8, 4) is 17.2 Å². The summed E-state index contributed by atoms with van der Waals surface area (Å²) in [5, 5.41) is 11.9. The second-order valence-corrected chi connectivity index (χ2v) is 6.16. The Morgan fingerprint density at radius 1 is 1.07 bits per heavy atom. The Hall–Kier alpha value is -3.74. The number of ether oxygens (including phenoxy) is 1. The number of aryl methyl sites for hydroxylation is 1. The number of para-hydroxylation sites is 1. The van der Waals surface area contributed by atoms with Gasteiger partial charge in [0, 0.05) is 30.0 Å². The number of pyridine rings is 1. The summed E-state index contributed by atoms with van der Waals surface area (Å²) in [6.45, 7) is 0. The van der Waals surface area contributed by atoms with Crippen molar-refractivity contribution in [1.82, 2.24) is 15.2 Å². The van der Waals surface area contributed by atoms with Crippen LogP contribution in [0, 0.1) is 0 Å². The fraction of sp³-hybridized carbons (Fsp3) is 0.143.